The zero-order valence-corrected chi connectivity index (χ0v) is 14.8. The second kappa shape index (κ2) is 5.58. The second-order valence-electron chi connectivity index (χ2n) is 8.35. The highest BCUT2D eigenvalue weighted by Gasteiger charge is 2.48. The Labute approximate surface area is 153 Å². The van der Waals surface area contributed by atoms with Gasteiger partial charge < -0.3 is 14.6 Å². The van der Waals surface area contributed by atoms with Crippen LogP contribution in [-0.2, 0) is 0 Å². The summed E-state index contributed by atoms with van der Waals surface area (Å²) in [6.07, 6.45) is 8.85. The van der Waals surface area contributed by atoms with Crippen LogP contribution in [0.2, 0.25) is 0 Å². The number of H-pyrrole nitrogens is 1. The number of hydrogen-bond acceptors (Lipinski definition) is 3. The minimum Gasteiger partial charge on any atom is -0.488 e. The van der Waals surface area contributed by atoms with E-state index in [-0.39, 0.29) is 0 Å². The van der Waals surface area contributed by atoms with Crippen LogP contribution in [0.4, 0.5) is 0 Å². The zero-order valence-electron chi connectivity index (χ0n) is 14.8. The molecule has 4 aliphatic rings. The Bertz CT molecular complexity index is 935. The molecule has 2 unspecified atom stereocenters. The van der Waals surface area contributed by atoms with Gasteiger partial charge in [0.15, 0.2) is 0 Å². The van der Waals surface area contributed by atoms with Crippen LogP contribution in [0, 0.1) is 17.8 Å². The van der Waals surface area contributed by atoms with Crippen molar-refractivity contribution in [2.75, 3.05) is 19.6 Å². The summed E-state index contributed by atoms with van der Waals surface area (Å²) in [6, 6.07) is 10.8. The molecule has 4 nitrogen and oxygen atoms in total. The van der Waals surface area contributed by atoms with Crippen molar-refractivity contribution in [3.05, 3.63) is 48.9 Å². The van der Waals surface area contributed by atoms with Crippen molar-refractivity contribution < 1.29 is 4.74 Å². The van der Waals surface area contributed by atoms with Gasteiger partial charge in [-0.3, -0.25) is 4.98 Å². The Kier molecular flexibility index (Phi) is 3.18. The number of benzene rings is 1. The van der Waals surface area contributed by atoms with E-state index in [4.69, 9.17) is 4.74 Å². The van der Waals surface area contributed by atoms with Gasteiger partial charge in [0.25, 0.3) is 0 Å². The quantitative estimate of drug-likeness (QED) is 0.781. The Hall–Kier alpha value is -2.33. The molecule has 3 aromatic rings. The van der Waals surface area contributed by atoms with Crippen molar-refractivity contribution in [1.29, 1.82) is 0 Å². The molecular weight excluding hydrogens is 322 g/mol. The smallest absolute Gasteiger partial charge is 0.138 e. The first kappa shape index (κ1) is 14.8. The van der Waals surface area contributed by atoms with Crippen LogP contribution in [0.3, 0.4) is 0 Å². The minimum atomic E-state index is 0.368. The maximum Gasteiger partial charge on any atom is 0.138 e. The summed E-state index contributed by atoms with van der Waals surface area (Å²) < 4.78 is 6.53. The Morgan fingerprint density at radius 3 is 2.69 bits per heavy atom. The molecule has 4 heteroatoms. The molecule has 26 heavy (non-hydrogen) atoms. The molecule has 5 heterocycles. The number of aromatic amines is 1. The lowest BCUT2D eigenvalue weighted by Gasteiger charge is -2.55. The molecule has 0 amide bonds. The van der Waals surface area contributed by atoms with Crippen molar-refractivity contribution in [3.8, 4) is 16.9 Å². The van der Waals surface area contributed by atoms with Crippen molar-refractivity contribution in [2.45, 2.75) is 18.9 Å². The number of pyridine rings is 1. The van der Waals surface area contributed by atoms with Gasteiger partial charge in [0.2, 0.25) is 0 Å². The predicted octanol–water partition coefficient (Wildman–Crippen LogP) is 3.95. The zero-order chi connectivity index (χ0) is 17.1. The molecule has 3 saturated heterocycles. The first-order valence-corrected chi connectivity index (χ1v) is 9.73. The van der Waals surface area contributed by atoms with Crippen molar-refractivity contribution >= 4 is 10.9 Å². The molecular formula is C22H23N3O. The lowest BCUT2D eigenvalue weighted by atomic mass is 9.66. The van der Waals surface area contributed by atoms with E-state index in [1.54, 1.807) is 0 Å². The number of ether oxygens (including phenoxy) is 1. The molecule has 1 aromatic carbocycles. The number of nitrogens with one attached hydrogen (secondary N) is 1. The summed E-state index contributed by atoms with van der Waals surface area (Å²) in [5.74, 6) is 3.22. The monoisotopic (exact) mass is 345 g/mol. The average Bonchev–Trinajstić information content (AvgIpc) is 3.12. The molecule has 7 rings (SSSR count). The van der Waals surface area contributed by atoms with Crippen LogP contribution in [0.1, 0.15) is 12.8 Å². The SMILES string of the molecule is c1cc2cc(-c3cncc(OC4C5CC6CC4CN(C6)C5)c3)ccc2[nH]1. The van der Waals surface area contributed by atoms with Gasteiger partial charge in [0.1, 0.15) is 11.9 Å². The van der Waals surface area contributed by atoms with E-state index in [9.17, 15) is 0 Å². The van der Waals surface area contributed by atoms with Crippen LogP contribution in [-0.4, -0.2) is 40.6 Å². The normalized spacial score (nSPS) is 32.2. The second-order valence-corrected chi connectivity index (χ2v) is 8.35. The minimum absolute atomic E-state index is 0.368. The third-order valence-corrected chi connectivity index (χ3v) is 6.58. The van der Waals surface area contributed by atoms with Crippen LogP contribution in [0.5, 0.6) is 5.75 Å². The third-order valence-electron chi connectivity index (χ3n) is 6.58. The topological polar surface area (TPSA) is 41.1 Å². The number of piperidine rings is 3. The van der Waals surface area contributed by atoms with Gasteiger partial charge in [0.05, 0.1) is 6.20 Å². The largest absolute Gasteiger partial charge is 0.488 e. The van der Waals surface area contributed by atoms with Gasteiger partial charge in [0, 0.05) is 54.9 Å². The lowest BCUT2D eigenvalue weighted by molar-refractivity contribution is -0.0985. The molecule has 1 N–H and O–H groups in total. The number of nitrogens with zero attached hydrogens (tertiary/aromatic N) is 2. The van der Waals surface area contributed by atoms with Crippen LogP contribution < -0.4 is 4.74 Å². The summed E-state index contributed by atoms with van der Waals surface area (Å²) in [4.78, 5) is 10.4. The number of fused-ring (bicyclic) bond motifs is 1. The van der Waals surface area contributed by atoms with Crippen molar-refractivity contribution in [1.82, 2.24) is 14.9 Å². The number of rotatable bonds is 3. The number of aromatic nitrogens is 2. The van der Waals surface area contributed by atoms with Crippen molar-refractivity contribution in [3.63, 3.8) is 0 Å². The van der Waals surface area contributed by atoms with E-state index in [1.165, 1.54) is 43.4 Å². The summed E-state index contributed by atoms with van der Waals surface area (Å²) in [5, 5.41) is 1.23. The lowest BCUT2D eigenvalue weighted by Crippen LogP contribution is -2.61. The fourth-order valence-electron chi connectivity index (χ4n) is 5.59. The highest BCUT2D eigenvalue weighted by Crippen LogP contribution is 2.45. The maximum absolute atomic E-state index is 6.53. The van der Waals surface area contributed by atoms with Gasteiger partial charge in [-0.05, 0) is 54.0 Å². The molecule has 2 aromatic heterocycles. The Morgan fingerprint density at radius 1 is 0.962 bits per heavy atom. The Balaban J connectivity index is 1.28. The summed E-state index contributed by atoms with van der Waals surface area (Å²) in [6.45, 7) is 3.75. The molecule has 4 fully saturated rings. The standard InChI is InChI=1S/C22H23N3O/c1-2-21-16(3-4-24-21)7-15(1)17-8-20(10-23-9-17)26-22-18-5-14-6-19(22)13-25(11-14)12-18/h1-4,7-10,14,18-19,22,24H,5-6,11-13H2. The number of hydrogen-bond donors (Lipinski definition) is 1. The van der Waals surface area contributed by atoms with E-state index in [2.05, 4.69) is 45.2 Å². The maximum atomic E-state index is 6.53. The van der Waals surface area contributed by atoms with E-state index < -0.39 is 0 Å². The molecule has 132 valence electrons. The van der Waals surface area contributed by atoms with Gasteiger partial charge in [-0.25, -0.2) is 0 Å². The highest BCUT2D eigenvalue weighted by atomic mass is 16.5. The fourth-order valence-corrected chi connectivity index (χ4v) is 5.59. The van der Waals surface area contributed by atoms with E-state index in [0.29, 0.717) is 17.9 Å². The summed E-state index contributed by atoms with van der Waals surface area (Å²) >= 11 is 0. The van der Waals surface area contributed by atoms with E-state index in [1.807, 2.05) is 18.6 Å². The first-order chi connectivity index (χ1) is 12.8. The van der Waals surface area contributed by atoms with Crippen LogP contribution in [0.15, 0.2) is 48.9 Å². The molecule has 1 aliphatic carbocycles. The summed E-state index contributed by atoms with van der Waals surface area (Å²) in [7, 11) is 0. The van der Waals surface area contributed by atoms with Gasteiger partial charge >= 0.3 is 0 Å². The molecule has 1 saturated carbocycles. The van der Waals surface area contributed by atoms with Crippen LogP contribution >= 0.6 is 0 Å². The molecule has 0 radical (unpaired) electrons. The predicted molar refractivity (Wildman–Crippen MR) is 102 cm³/mol. The van der Waals surface area contributed by atoms with Gasteiger partial charge in [-0.15, -0.1) is 0 Å². The van der Waals surface area contributed by atoms with Crippen LogP contribution in [0.25, 0.3) is 22.0 Å². The third kappa shape index (κ3) is 2.36. The molecule has 2 atom stereocenters. The summed E-state index contributed by atoms with van der Waals surface area (Å²) in [5.41, 5.74) is 3.47. The molecule has 0 spiro atoms. The average molecular weight is 345 g/mol. The van der Waals surface area contributed by atoms with Crippen molar-refractivity contribution in [2.24, 2.45) is 17.8 Å². The first-order valence-electron chi connectivity index (χ1n) is 9.73. The van der Waals surface area contributed by atoms with Gasteiger partial charge in [-0.2, -0.15) is 0 Å². The van der Waals surface area contributed by atoms with Gasteiger partial charge in [-0.1, -0.05) is 6.07 Å². The molecule has 4 bridgehead atoms. The Morgan fingerprint density at radius 2 is 1.85 bits per heavy atom. The fraction of sp³-hybridized carbons (Fsp3) is 0.409. The van der Waals surface area contributed by atoms with E-state index in [0.717, 1.165) is 22.7 Å². The van der Waals surface area contributed by atoms with E-state index >= 15 is 0 Å². The molecule has 3 aliphatic heterocycles. The highest BCUT2D eigenvalue weighted by molar-refractivity contribution is 5.85.